The molecule has 0 bridgehead atoms. The molecule has 0 aliphatic heterocycles. The van der Waals surface area contributed by atoms with E-state index in [-0.39, 0.29) is 6.54 Å². The fourth-order valence-corrected chi connectivity index (χ4v) is 1.72. The Morgan fingerprint density at radius 2 is 2.05 bits per heavy atom. The molecule has 1 heterocycles. The molecule has 0 saturated heterocycles. The van der Waals surface area contributed by atoms with Crippen LogP contribution in [0.4, 0.5) is 5.69 Å². The van der Waals surface area contributed by atoms with Gasteiger partial charge in [-0.3, -0.25) is 19.5 Å². The Labute approximate surface area is 108 Å². The molecule has 2 aromatic rings. The standard InChI is InChI=1S/C13H11N3O3/c1-2-8-15-12(10-6-4-3-5-7-10)14-9-11(13(15)17)16(18)19/h2-7,9H,1,8H2. The van der Waals surface area contributed by atoms with Crippen molar-refractivity contribution < 1.29 is 4.92 Å². The van der Waals surface area contributed by atoms with E-state index in [1.54, 1.807) is 24.3 Å². The summed E-state index contributed by atoms with van der Waals surface area (Å²) in [6.07, 6.45) is 2.49. The third-order valence-electron chi connectivity index (χ3n) is 2.57. The molecule has 0 aliphatic rings. The predicted octanol–water partition coefficient (Wildman–Crippen LogP) is 2.00. The Kier molecular flexibility index (Phi) is 3.51. The predicted molar refractivity (Wildman–Crippen MR) is 70.8 cm³/mol. The van der Waals surface area contributed by atoms with Gasteiger partial charge >= 0.3 is 11.2 Å². The quantitative estimate of drug-likeness (QED) is 0.476. The van der Waals surface area contributed by atoms with Gasteiger partial charge in [0.05, 0.1) is 4.92 Å². The molecule has 1 aromatic carbocycles. The van der Waals surface area contributed by atoms with Gasteiger partial charge in [-0.2, -0.15) is 0 Å². The van der Waals surface area contributed by atoms with Crippen molar-refractivity contribution in [2.45, 2.75) is 6.54 Å². The van der Waals surface area contributed by atoms with Gasteiger partial charge in [-0.1, -0.05) is 36.4 Å². The lowest BCUT2D eigenvalue weighted by atomic mass is 10.2. The van der Waals surface area contributed by atoms with Gasteiger partial charge in [-0.05, 0) is 0 Å². The maximum absolute atomic E-state index is 12.0. The Hall–Kier alpha value is -2.76. The van der Waals surface area contributed by atoms with Crippen LogP contribution in [0.1, 0.15) is 0 Å². The second-order valence-electron chi connectivity index (χ2n) is 3.79. The van der Waals surface area contributed by atoms with Crippen molar-refractivity contribution in [2.75, 3.05) is 0 Å². The van der Waals surface area contributed by atoms with Crippen molar-refractivity contribution in [1.29, 1.82) is 0 Å². The summed E-state index contributed by atoms with van der Waals surface area (Å²) >= 11 is 0. The molecule has 0 radical (unpaired) electrons. The van der Waals surface area contributed by atoms with Gasteiger partial charge in [0.15, 0.2) is 0 Å². The Morgan fingerprint density at radius 3 is 2.63 bits per heavy atom. The van der Waals surface area contributed by atoms with E-state index in [0.717, 1.165) is 11.8 Å². The summed E-state index contributed by atoms with van der Waals surface area (Å²) < 4.78 is 1.24. The zero-order valence-electron chi connectivity index (χ0n) is 10.0. The van der Waals surface area contributed by atoms with Crippen LogP contribution in [0, 0.1) is 10.1 Å². The number of benzene rings is 1. The molecule has 96 valence electrons. The lowest BCUT2D eigenvalue weighted by molar-refractivity contribution is -0.386. The van der Waals surface area contributed by atoms with Crippen molar-refractivity contribution in [3.63, 3.8) is 0 Å². The van der Waals surface area contributed by atoms with Crippen molar-refractivity contribution in [3.8, 4) is 11.4 Å². The average molecular weight is 257 g/mol. The molecule has 0 unspecified atom stereocenters. The van der Waals surface area contributed by atoms with Gasteiger partial charge in [0.25, 0.3) is 0 Å². The minimum Gasteiger partial charge on any atom is -0.283 e. The maximum Gasteiger partial charge on any atom is 0.352 e. The molecule has 19 heavy (non-hydrogen) atoms. The SMILES string of the molecule is C=CCn1c(-c2ccccc2)ncc([N+](=O)[O-])c1=O. The Balaban J connectivity index is 2.69. The van der Waals surface area contributed by atoms with E-state index in [4.69, 9.17) is 0 Å². The normalized spacial score (nSPS) is 10.1. The molecule has 6 nitrogen and oxygen atoms in total. The van der Waals surface area contributed by atoms with E-state index in [1.807, 2.05) is 6.07 Å². The zero-order chi connectivity index (χ0) is 13.8. The fourth-order valence-electron chi connectivity index (χ4n) is 1.72. The van der Waals surface area contributed by atoms with Crippen LogP contribution in [0.5, 0.6) is 0 Å². The Bertz CT molecular complexity index is 677. The lowest BCUT2D eigenvalue weighted by Crippen LogP contribution is -2.24. The van der Waals surface area contributed by atoms with Crippen molar-refractivity contribution in [2.24, 2.45) is 0 Å². The summed E-state index contributed by atoms with van der Waals surface area (Å²) in [6, 6.07) is 9.02. The molecule has 2 rings (SSSR count). The first-order valence-corrected chi connectivity index (χ1v) is 5.55. The number of allylic oxidation sites excluding steroid dienone is 1. The van der Waals surface area contributed by atoms with Crippen LogP contribution in [0.2, 0.25) is 0 Å². The number of nitro groups is 1. The average Bonchev–Trinajstić information content (AvgIpc) is 2.41. The third-order valence-corrected chi connectivity index (χ3v) is 2.57. The van der Waals surface area contributed by atoms with E-state index in [2.05, 4.69) is 11.6 Å². The van der Waals surface area contributed by atoms with Crippen LogP contribution in [-0.4, -0.2) is 14.5 Å². The summed E-state index contributed by atoms with van der Waals surface area (Å²) in [4.78, 5) is 26.1. The van der Waals surface area contributed by atoms with Crippen molar-refractivity contribution in [1.82, 2.24) is 9.55 Å². The molecule has 0 fully saturated rings. The highest BCUT2D eigenvalue weighted by Crippen LogP contribution is 2.16. The van der Waals surface area contributed by atoms with E-state index >= 15 is 0 Å². The van der Waals surface area contributed by atoms with Crippen molar-refractivity contribution in [3.05, 3.63) is 69.7 Å². The molecule has 1 aromatic heterocycles. The van der Waals surface area contributed by atoms with E-state index in [0.29, 0.717) is 5.82 Å². The number of nitrogens with zero attached hydrogens (tertiary/aromatic N) is 3. The number of rotatable bonds is 4. The second-order valence-corrected chi connectivity index (χ2v) is 3.79. The minimum atomic E-state index is -0.732. The Morgan fingerprint density at radius 1 is 1.37 bits per heavy atom. The van der Waals surface area contributed by atoms with Crippen LogP contribution < -0.4 is 5.56 Å². The summed E-state index contributed by atoms with van der Waals surface area (Å²) in [7, 11) is 0. The summed E-state index contributed by atoms with van der Waals surface area (Å²) in [6.45, 7) is 3.71. The topological polar surface area (TPSA) is 78.0 Å². The fraction of sp³-hybridized carbons (Fsp3) is 0.0769. The first-order chi connectivity index (χ1) is 9.15. The second kappa shape index (κ2) is 5.26. The summed E-state index contributed by atoms with van der Waals surface area (Å²) in [5.74, 6) is 0.385. The monoisotopic (exact) mass is 257 g/mol. The molecule has 0 amide bonds. The lowest BCUT2D eigenvalue weighted by Gasteiger charge is -2.09. The highest BCUT2D eigenvalue weighted by atomic mass is 16.6. The molecular formula is C13H11N3O3. The van der Waals surface area contributed by atoms with Crippen LogP contribution in [0.25, 0.3) is 11.4 Å². The van der Waals surface area contributed by atoms with Crippen molar-refractivity contribution >= 4 is 5.69 Å². The van der Waals surface area contributed by atoms with Crippen LogP contribution in [0.15, 0.2) is 54.0 Å². The van der Waals surface area contributed by atoms with E-state index in [9.17, 15) is 14.9 Å². The molecule has 0 atom stereocenters. The third kappa shape index (κ3) is 2.42. The molecule has 0 spiro atoms. The highest BCUT2D eigenvalue weighted by molar-refractivity contribution is 5.55. The van der Waals surface area contributed by atoms with Gasteiger partial charge in [-0.25, -0.2) is 4.98 Å². The zero-order valence-corrected chi connectivity index (χ0v) is 10.0. The van der Waals surface area contributed by atoms with Gasteiger partial charge in [0.1, 0.15) is 12.0 Å². The van der Waals surface area contributed by atoms with Crippen LogP contribution in [-0.2, 0) is 6.54 Å². The van der Waals surface area contributed by atoms with Gasteiger partial charge in [-0.15, -0.1) is 6.58 Å². The number of hydrogen-bond donors (Lipinski definition) is 0. The molecule has 6 heteroatoms. The van der Waals surface area contributed by atoms with Gasteiger partial charge in [0, 0.05) is 12.1 Å². The van der Waals surface area contributed by atoms with Gasteiger partial charge < -0.3 is 0 Å². The first-order valence-electron chi connectivity index (χ1n) is 5.55. The van der Waals surface area contributed by atoms with Crippen LogP contribution in [0.3, 0.4) is 0 Å². The van der Waals surface area contributed by atoms with E-state index in [1.165, 1.54) is 10.6 Å². The number of hydrogen-bond acceptors (Lipinski definition) is 4. The number of aromatic nitrogens is 2. The minimum absolute atomic E-state index is 0.164. The first kappa shape index (κ1) is 12.7. The van der Waals surface area contributed by atoms with Gasteiger partial charge in [0.2, 0.25) is 0 Å². The molecular weight excluding hydrogens is 246 g/mol. The molecule has 0 aliphatic carbocycles. The smallest absolute Gasteiger partial charge is 0.283 e. The molecule has 0 saturated carbocycles. The summed E-state index contributed by atoms with van der Waals surface area (Å²) in [5, 5.41) is 10.8. The summed E-state index contributed by atoms with van der Waals surface area (Å²) in [5.41, 5.74) is -0.503. The van der Waals surface area contributed by atoms with Crippen LogP contribution >= 0.6 is 0 Å². The molecule has 0 N–H and O–H groups in total. The largest absolute Gasteiger partial charge is 0.352 e. The maximum atomic E-state index is 12.0. The van der Waals surface area contributed by atoms with E-state index < -0.39 is 16.2 Å². The highest BCUT2D eigenvalue weighted by Gasteiger charge is 2.18.